The largest absolute Gasteiger partial charge is 0.427 e. The minimum Gasteiger partial charge on any atom is -0.427 e. The lowest BCUT2D eigenvalue weighted by Gasteiger charge is -2.56. The minimum atomic E-state index is -0.929. The number of carbonyl (C=O) groups excluding carboxylic acids is 2. The Morgan fingerprint density at radius 2 is 2.08 bits per heavy atom. The number of amides is 1. The molecule has 1 aromatic heterocycles. The number of carbonyl (C=O) groups is 2. The van der Waals surface area contributed by atoms with Gasteiger partial charge >= 0.3 is 11.9 Å². The number of rotatable bonds is 1. The van der Waals surface area contributed by atoms with E-state index in [-0.39, 0.29) is 5.41 Å². The first kappa shape index (κ1) is 14.1. The molecule has 1 N–H and O–H groups in total. The summed E-state index contributed by atoms with van der Waals surface area (Å²) in [5.41, 5.74) is 2.05. The lowest BCUT2D eigenvalue weighted by atomic mass is 9.60. The Bertz CT molecular complexity index is 886. The maximum absolute atomic E-state index is 12.6. The quantitative estimate of drug-likeness (QED) is 0.648. The summed E-state index contributed by atoms with van der Waals surface area (Å²) in [6.07, 6.45) is 4.66. The molecule has 0 saturated carbocycles. The van der Waals surface area contributed by atoms with Gasteiger partial charge in [-0.05, 0) is 38.2 Å². The van der Waals surface area contributed by atoms with Crippen LogP contribution >= 0.6 is 0 Å². The molecule has 2 atom stereocenters. The van der Waals surface area contributed by atoms with Gasteiger partial charge in [-0.2, -0.15) is 0 Å². The number of para-hydroxylation sites is 1. The number of hydrogen-bond acceptors (Lipinski definition) is 3. The van der Waals surface area contributed by atoms with Crippen molar-refractivity contribution in [1.29, 1.82) is 0 Å². The molecule has 5 nitrogen and oxygen atoms in total. The van der Waals surface area contributed by atoms with Crippen LogP contribution in [0.4, 0.5) is 0 Å². The van der Waals surface area contributed by atoms with Gasteiger partial charge in [0.15, 0.2) is 0 Å². The Balaban J connectivity index is 1.89. The lowest BCUT2D eigenvalue weighted by molar-refractivity contribution is -0.216. The number of aromatic amines is 1. The monoisotopic (exact) mass is 324 g/mol. The summed E-state index contributed by atoms with van der Waals surface area (Å²) in [5, 5.41) is 1.07. The standard InChI is InChI=1S/C19H20N2O3/c1-2-18-9-5-11-21-16(22)17(23)24-19(18,21)15-12-6-3-4-7-13(12)20-14(15)8-10-18/h3-4,6-7,20H,2,5,8-11H2,1H3/t18-,19-/m1/s1. The highest BCUT2D eigenvalue weighted by atomic mass is 16.6. The predicted molar refractivity (Wildman–Crippen MR) is 88.1 cm³/mol. The molecule has 5 rings (SSSR count). The summed E-state index contributed by atoms with van der Waals surface area (Å²) in [6, 6.07) is 8.11. The second kappa shape index (κ2) is 4.41. The molecule has 24 heavy (non-hydrogen) atoms. The van der Waals surface area contributed by atoms with Gasteiger partial charge in [0.1, 0.15) is 0 Å². The van der Waals surface area contributed by atoms with Crippen LogP contribution in [0.25, 0.3) is 10.9 Å². The number of benzene rings is 1. The van der Waals surface area contributed by atoms with Crippen LogP contribution in [0, 0.1) is 5.41 Å². The van der Waals surface area contributed by atoms with Crippen molar-refractivity contribution in [2.24, 2.45) is 5.41 Å². The van der Waals surface area contributed by atoms with E-state index in [1.165, 1.54) is 0 Å². The number of hydrogen-bond donors (Lipinski definition) is 1. The zero-order chi connectivity index (χ0) is 16.5. The van der Waals surface area contributed by atoms with Gasteiger partial charge in [-0.25, -0.2) is 4.79 Å². The molecule has 1 spiro atoms. The zero-order valence-corrected chi connectivity index (χ0v) is 13.7. The van der Waals surface area contributed by atoms with E-state index in [0.717, 1.165) is 54.3 Å². The van der Waals surface area contributed by atoms with Crippen molar-refractivity contribution in [1.82, 2.24) is 9.88 Å². The van der Waals surface area contributed by atoms with Gasteiger partial charge < -0.3 is 9.72 Å². The lowest BCUT2D eigenvalue weighted by Crippen LogP contribution is -2.61. The second-order valence-electron chi connectivity index (χ2n) is 7.25. The van der Waals surface area contributed by atoms with Crippen molar-refractivity contribution < 1.29 is 14.3 Å². The fraction of sp³-hybridized carbons (Fsp3) is 0.474. The van der Waals surface area contributed by atoms with Crippen molar-refractivity contribution in [3.8, 4) is 0 Å². The number of aromatic nitrogens is 1. The van der Waals surface area contributed by atoms with E-state index in [1.807, 2.05) is 18.2 Å². The maximum atomic E-state index is 12.6. The van der Waals surface area contributed by atoms with Crippen LogP contribution in [0.5, 0.6) is 0 Å². The number of nitrogens with one attached hydrogen (secondary N) is 1. The van der Waals surface area contributed by atoms with Crippen LogP contribution < -0.4 is 0 Å². The Labute approximate surface area is 140 Å². The number of nitrogens with zero attached hydrogens (tertiary/aromatic N) is 1. The normalized spacial score (nSPS) is 31.6. The number of piperidine rings is 1. The molecule has 2 saturated heterocycles. The Kier molecular flexibility index (Phi) is 2.58. The SMILES string of the molecule is CC[C@]12CCCN3C(=O)C(=O)O[C@@]31c1c([nH]c3ccccc13)CC2. The third kappa shape index (κ3) is 1.38. The van der Waals surface area contributed by atoms with Gasteiger partial charge in [0.25, 0.3) is 0 Å². The van der Waals surface area contributed by atoms with E-state index in [4.69, 9.17) is 4.74 Å². The van der Waals surface area contributed by atoms with Crippen molar-refractivity contribution in [2.45, 2.75) is 44.8 Å². The molecule has 0 unspecified atom stereocenters. The summed E-state index contributed by atoms with van der Waals surface area (Å²) in [4.78, 5) is 30.1. The van der Waals surface area contributed by atoms with E-state index in [2.05, 4.69) is 18.0 Å². The molecule has 0 radical (unpaired) electrons. The second-order valence-corrected chi connectivity index (χ2v) is 7.25. The fourth-order valence-electron chi connectivity index (χ4n) is 5.36. The van der Waals surface area contributed by atoms with Crippen LogP contribution in [0.15, 0.2) is 24.3 Å². The van der Waals surface area contributed by atoms with E-state index < -0.39 is 17.6 Å². The molecule has 3 aliphatic rings. The van der Waals surface area contributed by atoms with Crippen LogP contribution in [0.1, 0.15) is 43.9 Å². The molecule has 1 amide bonds. The van der Waals surface area contributed by atoms with Gasteiger partial charge in [-0.1, -0.05) is 25.1 Å². The number of H-pyrrole nitrogens is 1. The molecule has 124 valence electrons. The van der Waals surface area contributed by atoms with Crippen molar-refractivity contribution >= 4 is 22.8 Å². The average Bonchev–Trinajstić information content (AvgIpc) is 3.10. The maximum Gasteiger partial charge on any atom is 0.399 e. The van der Waals surface area contributed by atoms with Gasteiger partial charge in [-0.15, -0.1) is 0 Å². The highest BCUT2D eigenvalue weighted by molar-refractivity contribution is 6.34. The number of ether oxygens (including phenoxy) is 1. The molecule has 2 fully saturated rings. The van der Waals surface area contributed by atoms with Gasteiger partial charge in [0.2, 0.25) is 5.72 Å². The summed E-state index contributed by atoms with van der Waals surface area (Å²) in [7, 11) is 0. The topological polar surface area (TPSA) is 62.4 Å². The molecule has 5 heteroatoms. The summed E-state index contributed by atoms with van der Waals surface area (Å²) in [5.74, 6) is -1.18. The summed E-state index contributed by atoms with van der Waals surface area (Å²) in [6.45, 7) is 2.74. The van der Waals surface area contributed by atoms with E-state index >= 15 is 0 Å². The highest BCUT2D eigenvalue weighted by Gasteiger charge is 2.68. The number of aryl methyl sites for hydroxylation is 1. The smallest absolute Gasteiger partial charge is 0.399 e. The van der Waals surface area contributed by atoms with E-state index in [9.17, 15) is 9.59 Å². The zero-order valence-electron chi connectivity index (χ0n) is 13.7. The Morgan fingerprint density at radius 3 is 2.92 bits per heavy atom. The predicted octanol–water partition coefficient (Wildman–Crippen LogP) is 2.84. The third-order valence-corrected chi connectivity index (χ3v) is 6.45. The molecular weight excluding hydrogens is 304 g/mol. The van der Waals surface area contributed by atoms with Crippen molar-refractivity contribution in [2.75, 3.05) is 6.54 Å². The molecule has 3 heterocycles. The van der Waals surface area contributed by atoms with Gasteiger partial charge in [0, 0.05) is 34.1 Å². The fourth-order valence-corrected chi connectivity index (χ4v) is 5.36. The molecule has 1 aliphatic carbocycles. The first-order valence-corrected chi connectivity index (χ1v) is 8.78. The van der Waals surface area contributed by atoms with E-state index in [1.54, 1.807) is 4.90 Å². The minimum absolute atomic E-state index is 0.189. The first-order chi connectivity index (χ1) is 11.6. The van der Waals surface area contributed by atoms with Crippen molar-refractivity contribution in [3.63, 3.8) is 0 Å². The first-order valence-electron chi connectivity index (χ1n) is 8.78. The summed E-state index contributed by atoms with van der Waals surface area (Å²) < 4.78 is 5.97. The molecule has 2 aliphatic heterocycles. The van der Waals surface area contributed by atoms with Gasteiger partial charge in [0.05, 0.1) is 0 Å². The highest BCUT2D eigenvalue weighted by Crippen LogP contribution is 2.62. The molecule has 0 bridgehead atoms. The number of esters is 1. The van der Waals surface area contributed by atoms with Crippen LogP contribution in [-0.4, -0.2) is 28.3 Å². The van der Waals surface area contributed by atoms with E-state index in [0.29, 0.717) is 6.54 Å². The number of fused-ring (bicyclic) bond motifs is 3. The molecule has 1 aromatic carbocycles. The summed E-state index contributed by atoms with van der Waals surface area (Å²) >= 11 is 0. The molecular formula is C19H20N2O3. The van der Waals surface area contributed by atoms with Crippen molar-refractivity contribution in [3.05, 3.63) is 35.5 Å². The molecule has 2 aromatic rings. The average molecular weight is 324 g/mol. The van der Waals surface area contributed by atoms with Gasteiger partial charge in [-0.3, -0.25) is 9.69 Å². The Hall–Kier alpha value is -2.30. The van der Waals surface area contributed by atoms with Crippen LogP contribution in [0.3, 0.4) is 0 Å². The van der Waals surface area contributed by atoms with Crippen LogP contribution in [-0.2, 0) is 26.5 Å². The third-order valence-electron chi connectivity index (χ3n) is 6.45. The van der Waals surface area contributed by atoms with Crippen LogP contribution in [0.2, 0.25) is 0 Å². The Morgan fingerprint density at radius 1 is 1.25 bits per heavy atom.